The van der Waals surface area contributed by atoms with Crippen molar-refractivity contribution in [3.05, 3.63) is 117 Å². The number of piperazine rings is 1. The maximum absolute atomic E-state index is 14.0. The van der Waals surface area contributed by atoms with Crippen molar-refractivity contribution >= 4 is 68.4 Å². The Morgan fingerprint density at radius 2 is 1.87 bits per heavy atom. The summed E-state index contributed by atoms with van der Waals surface area (Å²) in [4.78, 5) is 42.3. The van der Waals surface area contributed by atoms with E-state index >= 15 is 0 Å². The Kier molecular flexibility index (Phi) is 12.1. The van der Waals surface area contributed by atoms with Crippen LogP contribution in [0.3, 0.4) is 0 Å². The summed E-state index contributed by atoms with van der Waals surface area (Å²) in [6.07, 6.45) is 13.6. The number of allylic oxidation sites excluding steroid dienone is 1. The Morgan fingerprint density at radius 3 is 2.61 bits per heavy atom. The van der Waals surface area contributed by atoms with Gasteiger partial charge in [0.05, 0.1) is 33.2 Å². The number of fused-ring (bicyclic) bond motifs is 1. The lowest BCUT2D eigenvalue weighted by Gasteiger charge is -2.47. The number of nitrogens with two attached hydrogens (primary N) is 1. The second kappa shape index (κ2) is 18.0. The maximum Gasteiger partial charge on any atom is 0.281 e. The second-order valence-electron chi connectivity index (χ2n) is 16.8. The van der Waals surface area contributed by atoms with Gasteiger partial charge in [-0.25, -0.2) is 9.19 Å². The minimum atomic E-state index is -2.21. The Labute approximate surface area is 367 Å². The summed E-state index contributed by atoms with van der Waals surface area (Å²) in [5.74, 6) is -0.0413. The molecule has 1 unspecified atom stereocenters. The van der Waals surface area contributed by atoms with Gasteiger partial charge in [0.1, 0.15) is 17.1 Å². The number of aromatic nitrogens is 2. The van der Waals surface area contributed by atoms with E-state index in [4.69, 9.17) is 26.8 Å². The van der Waals surface area contributed by atoms with Crippen molar-refractivity contribution in [2.24, 2.45) is 10.4 Å². The van der Waals surface area contributed by atoms with Crippen LogP contribution in [0.15, 0.2) is 94.6 Å². The minimum Gasteiger partial charge on any atom is -0.455 e. The maximum atomic E-state index is 14.0. The number of carbonyl (C=O) groups excluding carboxylic acids is 1. The molecule has 1 saturated carbocycles. The van der Waals surface area contributed by atoms with Crippen LogP contribution in [0.5, 0.6) is 11.5 Å². The highest BCUT2D eigenvalue weighted by molar-refractivity contribution is 7.83. The fraction of sp³-hybridized carbons (Fsp3) is 0.370. The van der Waals surface area contributed by atoms with E-state index < -0.39 is 21.8 Å². The molecular formula is C46H49ClN8O6S. The van der Waals surface area contributed by atoms with Crippen LogP contribution in [-0.2, 0) is 15.7 Å². The number of halogens is 1. The molecular weight excluding hydrogens is 828 g/mol. The number of anilines is 2. The molecule has 2 aliphatic carbocycles. The highest BCUT2D eigenvalue weighted by Gasteiger charge is 2.41. The SMILES string of the molecule is Nc1cc(S(=O)NC(=O)c2ccc(N3CCN(CC4=C(c5ccc(Cl)cc5)CC5(CCC5)CC4)CC3)cc2Oc2cnc3[nH]ccc3c2)cc([N+](=O)[O-])c1C=NC1CCOCC1. The van der Waals surface area contributed by atoms with Crippen LogP contribution in [0, 0.1) is 15.5 Å². The Morgan fingerprint density at radius 1 is 1.08 bits per heavy atom. The Bertz CT molecular complexity index is 2580. The summed E-state index contributed by atoms with van der Waals surface area (Å²) in [7, 11) is -2.21. The number of aliphatic imine (C=N–C) groups is 1. The number of nitrogens with one attached hydrogen (secondary N) is 2. The standard InChI is InChI=1S/C46H49ClN8O6S/c47-33-4-2-30(3-5-33)39-26-46(12-1-13-46)14-8-32(39)29-53-16-18-54(19-17-53)35-6-7-38(43(23-35)61-36-22-31-9-15-49-44(31)51-27-36)45(56)52-62(59)37-24-41(48)40(42(25-37)55(57)58)28-50-34-10-20-60-21-11-34/h2-7,9,15,22-25,27-28,34H,1,8,10-14,16-21,26,29,48H2,(H,49,51)(H,52,56). The fourth-order valence-corrected chi connectivity index (χ4v) is 10.1. The molecule has 2 saturated heterocycles. The molecule has 62 heavy (non-hydrogen) atoms. The smallest absolute Gasteiger partial charge is 0.281 e. The molecule has 5 aromatic rings. The third-order valence-electron chi connectivity index (χ3n) is 12.9. The average molecular weight is 877 g/mol. The first-order valence-electron chi connectivity index (χ1n) is 21.2. The van der Waals surface area contributed by atoms with Gasteiger partial charge in [0.15, 0.2) is 11.0 Å². The highest BCUT2D eigenvalue weighted by Crippen LogP contribution is 2.55. The zero-order valence-corrected chi connectivity index (χ0v) is 35.9. The molecule has 2 aliphatic heterocycles. The third-order valence-corrected chi connectivity index (χ3v) is 14.2. The molecule has 3 aromatic carbocycles. The molecule has 1 amide bonds. The summed E-state index contributed by atoms with van der Waals surface area (Å²) in [5.41, 5.74) is 12.5. The summed E-state index contributed by atoms with van der Waals surface area (Å²) in [5, 5.41) is 13.7. The fourth-order valence-electron chi connectivity index (χ4n) is 9.15. The first-order chi connectivity index (χ1) is 30.1. The van der Waals surface area contributed by atoms with Crippen molar-refractivity contribution in [1.82, 2.24) is 19.6 Å². The zero-order valence-electron chi connectivity index (χ0n) is 34.3. The normalized spacial score (nSPS) is 18.9. The number of rotatable bonds is 12. The Balaban J connectivity index is 0.928. The van der Waals surface area contributed by atoms with Crippen molar-refractivity contribution in [3.8, 4) is 11.5 Å². The van der Waals surface area contributed by atoms with Gasteiger partial charge >= 0.3 is 0 Å². The molecule has 1 spiro atoms. The van der Waals surface area contributed by atoms with Gasteiger partial charge in [-0.15, -0.1) is 0 Å². The number of amides is 1. The van der Waals surface area contributed by atoms with Gasteiger partial charge in [0, 0.05) is 92.3 Å². The van der Waals surface area contributed by atoms with Gasteiger partial charge in [0.25, 0.3) is 11.6 Å². The highest BCUT2D eigenvalue weighted by atomic mass is 35.5. The molecule has 0 bridgehead atoms. The quantitative estimate of drug-likeness (QED) is 0.0476. The topological polar surface area (TPSA) is 181 Å². The van der Waals surface area contributed by atoms with Crippen molar-refractivity contribution in [2.75, 3.05) is 56.6 Å². The number of nitro groups is 1. The lowest BCUT2D eigenvalue weighted by molar-refractivity contribution is -0.385. The predicted molar refractivity (Wildman–Crippen MR) is 243 cm³/mol. The number of nitro benzene ring substituents is 1. The zero-order chi connectivity index (χ0) is 42.8. The number of ether oxygens (including phenoxy) is 2. The van der Waals surface area contributed by atoms with Gasteiger partial charge in [-0.1, -0.05) is 35.7 Å². The number of hydrogen-bond acceptors (Lipinski definition) is 11. The number of nitrogen functional groups attached to an aromatic ring is 1. The van der Waals surface area contributed by atoms with Crippen LogP contribution in [0.2, 0.25) is 5.02 Å². The molecule has 16 heteroatoms. The van der Waals surface area contributed by atoms with Crippen LogP contribution in [0.25, 0.3) is 16.6 Å². The van der Waals surface area contributed by atoms with Gasteiger partial charge in [0.2, 0.25) is 0 Å². The summed E-state index contributed by atoms with van der Waals surface area (Å²) in [6.45, 7) is 5.34. The number of nitrogens with zero attached hydrogens (tertiary/aromatic N) is 5. The monoisotopic (exact) mass is 876 g/mol. The van der Waals surface area contributed by atoms with E-state index in [1.807, 2.05) is 36.4 Å². The molecule has 322 valence electrons. The average Bonchev–Trinajstić information content (AvgIpc) is 3.74. The second-order valence-corrected chi connectivity index (χ2v) is 18.4. The van der Waals surface area contributed by atoms with E-state index in [0.717, 1.165) is 67.7 Å². The molecule has 9 rings (SSSR count). The summed E-state index contributed by atoms with van der Waals surface area (Å²) in [6, 6.07) is 19.9. The lowest BCUT2D eigenvalue weighted by Crippen LogP contribution is -2.47. The summed E-state index contributed by atoms with van der Waals surface area (Å²) >= 11 is 6.28. The van der Waals surface area contributed by atoms with E-state index in [0.29, 0.717) is 42.9 Å². The largest absolute Gasteiger partial charge is 0.455 e. The van der Waals surface area contributed by atoms with Crippen LogP contribution < -0.4 is 20.1 Å². The van der Waals surface area contributed by atoms with Gasteiger partial charge in [-0.2, -0.15) is 0 Å². The third kappa shape index (κ3) is 9.12. The van der Waals surface area contributed by atoms with Crippen LogP contribution in [-0.4, -0.2) is 88.1 Å². The van der Waals surface area contributed by atoms with Gasteiger partial charge in [-0.05, 0) is 104 Å². The summed E-state index contributed by atoms with van der Waals surface area (Å²) < 4.78 is 28.0. The molecule has 1 atom stereocenters. The first-order valence-corrected chi connectivity index (χ1v) is 22.7. The number of carbonyl (C=O) groups is 1. The Hall–Kier alpha value is -5.61. The molecule has 4 N–H and O–H groups in total. The minimum absolute atomic E-state index is 0.0215. The number of hydrogen-bond donors (Lipinski definition) is 3. The van der Waals surface area contributed by atoms with Crippen LogP contribution in [0.1, 0.15) is 72.9 Å². The molecule has 4 heterocycles. The number of benzene rings is 3. The van der Waals surface area contributed by atoms with E-state index in [-0.39, 0.29) is 39.2 Å². The van der Waals surface area contributed by atoms with E-state index in [1.54, 1.807) is 18.5 Å². The molecule has 4 aliphatic rings. The van der Waals surface area contributed by atoms with Gasteiger partial charge < -0.3 is 25.1 Å². The van der Waals surface area contributed by atoms with Gasteiger partial charge in [-0.3, -0.25) is 29.5 Å². The van der Waals surface area contributed by atoms with E-state index in [1.165, 1.54) is 54.7 Å². The molecule has 2 aromatic heterocycles. The number of aromatic amines is 1. The number of pyridine rings is 1. The van der Waals surface area contributed by atoms with Crippen molar-refractivity contribution in [1.29, 1.82) is 0 Å². The van der Waals surface area contributed by atoms with E-state index in [2.05, 4.69) is 41.6 Å². The van der Waals surface area contributed by atoms with Crippen LogP contribution >= 0.6 is 11.6 Å². The molecule has 14 nitrogen and oxygen atoms in total. The van der Waals surface area contributed by atoms with Crippen LogP contribution in [0.4, 0.5) is 17.1 Å². The van der Waals surface area contributed by atoms with Crippen molar-refractivity contribution in [3.63, 3.8) is 0 Å². The van der Waals surface area contributed by atoms with E-state index in [9.17, 15) is 19.1 Å². The lowest BCUT2D eigenvalue weighted by atomic mass is 9.59. The van der Waals surface area contributed by atoms with Crippen molar-refractivity contribution < 1.29 is 23.4 Å². The molecule has 0 radical (unpaired) electrons. The number of H-pyrrole nitrogens is 1. The van der Waals surface area contributed by atoms with Crippen molar-refractivity contribution in [2.45, 2.75) is 62.3 Å². The molecule has 3 fully saturated rings. The first kappa shape index (κ1) is 41.7. The predicted octanol–water partition coefficient (Wildman–Crippen LogP) is 8.48.